The van der Waals surface area contributed by atoms with E-state index in [-0.39, 0.29) is 5.91 Å². The molecule has 2 N–H and O–H groups in total. The number of carbonyl (C=O) groups excluding carboxylic acids is 1. The smallest absolute Gasteiger partial charge is 0.248 e. The predicted molar refractivity (Wildman–Crippen MR) is 92.8 cm³/mol. The summed E-state index contributed by atoms with van der Waals surface area (Å²) in [7, 11) is 0. The molecule has 1 aromatic heterocycles. The van der Waals surface area contributed by atoms with E-state index in [9.17, 15) is 4.79 Å². The van der Waals surface area contributed by atoms with Crippen molar-refractivity contribution in [3.05, 3.63) is 53.1 Å². The minimum Gasteiger partial charge on any atom is -0.366 e. The van der Waals surface area contributed by atoms with E-state index in [0.717, 1.165) is 26.1 Å². The first-order chi connectivity index (χ1) is 11.7. The summed E-state index contributed by atoms with van der Waals surface area (Å²) in [6.45, 7) is 3.10. The molecule has 5 heteroatoms. The summed E-state index contributed by atoms with van der Waals surface area (Å²) in [6.07, 6.45) is 8.14. The first kappa shape index (κ1) is 15.4. The number of hydrogen-bond donors (Lipinski definition) is 1. The minimum atomic E-state index is -0.368. The number of carbonyl (C=O) groups is 1. The standard InChI is InChI=1S/C19H24N4O/c20-19(24)15-7-5-14(6-8-15)11-22-10-9-16(12-22)23-13-21-17-3-1-2-4-18(17)23/h5-8,13,16H,1-4,9-12H2,(H2,20,24)/t16-/m1/s1. The number of amides is 1. The van der Waals surface area contributed by atoms with Crippen LogP contribution < -0.4 is 5.73 Å². The molecule has 2 aromatic rings. The first-order valence-corrected chi connectivity index (χ1v) is 8.86. The average Bonchev–Trinajstić information content (AvgIpc) is 3.22. The molecule has 5 nitrogen and oxygen atoms in total. The molecule has 0 bridgehead atoms. The van der Waals surface area contributed by atoms with Crippen LogP contribution in [0.25, 0.3) is 0 Å². The van der Waals surface area contributed by atoms with Crippen molar-refractivity contribution >= 4 is 5.91 Å². The van der Waals surface area contributed by atoms with Gasteiger partial charge in [-0.1, -0.05) is 12.1 Å². The highest BCUT2D eigenvalue weighted by molar-refractivity contribution is 5.92. The highest BCUT2D eigenvalue weighted by Crippen LogP contribution is 2.28. The summed E-state index contributed by atoms with van der Waals surface area (Å²) in [5.41, 5.74) is 9.89. The Kier molecular flexibility index (Phi) is 4.10. The van der Waals surface area contributed by atoms with Gasteiger partial charge < -0.3 is 10.3 Å². The number of aryl methyl sites for hydroxylation is 1. The molecule has 0 radical (unpaired) electrons. The third kappa shape index (κ3) is 2.96. The molecule has 0 unspecified atom stereocenters. The highest BCUT2D eigenvalue weighted by Gasteiger charge is 2.27. The number of fused-ring (bicyclic) bond motifs is 1. The van der Waals surface area contributed by atoms with E-state index in [1.807, 2.05) is 24.3 Å². The van der Waals surface area contributed by atoms with Crippen LogP contribution in [0, 0.1) is 0 Å². The van der Waals surface area contributed by atoms with Crippen LogP contribution >= 0.6 is 0 Å². The van der Waals surface area contributed by atoms with Crippen LogP contribution in [0.5, 0.6) is 0 Å². The number of hydrogen-bond acceptors (Lipinski definition) is 3. The Morgan fingerprint density at radius 2 is 2.00 bits per heavy atom. The Balaban J connectivity index is 1.41. The molecular formula is C19H24N4O. The van der Waals surface area contributed by atoms with E-state index in [4.69, 9.17) is 5.73 Å². The molecule has 1 amide bonds. The molecule has 2 heterocycles. The van der Waals surface area contributed by atoms with Gasteiger partial charge in [-0.2, -0.15) is 0 Å². The van der Waals surface area contributed by atoms with Crippen LogP contribution in [0.15, 0.2) is 30.6 Å². The van der Waals surface area contributed by atoms with Crippen molar-refractivity contribution in [2.75, 3.05) is 13.1 Å². The Labute approximate surface area is 142 Å². The lowest BCUT2D eigenvalue weighted by molar-refractivity contribution is 0.100. The summed E-state index contributed by atoms with van der Waals surface area (Å²) in [5, 5.41) is 0. The lowest BCUT2D eigenvalue weighted by Crippen LogP contribution is -2.22. The maximum Gasteiger partial charge on any atom is 0.248 e. The van der Waals surface area contributed by atoms with Gasteiger partial charge in [0.1, 0.15) is 0 Å². The average molecular weight is 324 g/mol. The third-order valence-corrected chi connectivity index (χ3v) is 5.35. The second-order valence-electron chi connectivity index (χ2n) is 6.99. The second-order valence-corrected chi connectivity index (χ2v) is 6.99. The van der Waals surface area contributed by atoms with Gasteiger partial charge in [0.05, 0.1) is 12.0 Å². The molecule has 126 valence electrons. The lowest BCUT2D eigenvalue weighted by Gasteiger charge is -2.20. The molecule has 4 rings (SSSR count). The largest absolute Gasteiger partial charge is 0.366 e. The van der Waals surface area contributed by atoms with Gasteiger partial charge in [-0.15, -0.1) is 0 Å². The molecule has 24 heavy (non-hydrogen) atoms. The zero-order valence-corrected chi connectivity index (χ0v) is 13.9. The summed E-state index contributed by atoms with van der Waals surface area (Å²) in [5.74, 6) is -0.368. The number of rotatable bonds is 4. The van der Waals surface area contributed by atoms with Gasteiger partial charge in [0.15, 0.2) is 0 Å². The molecule has 0 saturated carbocycles. The number of nitrogens with zero attached hydrogens (tertiary/aromatic N) is 3. The van der Waals surface area contributed by atoms with Crippen LogP contribution in [0.4, 0.5) is 0 Å². The van der Waals surface area contributed by atoms with E-state index in [1.165, 1.54) is 42.6 Å². The van der Waals surface area contributed by atoms with Crippen molar-refractivity contribution in [3.63, 3.8) is 0 Å². The monoisotopic (exact) mass is 324 g/mol. The van der Waals surface area contributed by atoms with E-state index in [2.05, 4.69) is 20.8 Å². The fourth-order valence-electron chi connectivity index (χ4n) is 4.02. The number of benzene rings is 1. The maximum absolute atomic E-state index is 11.2. The quantitative estimate of drug-likeness (QED) is 0.938. The zero-order valence-electron chi connectivity index (χ0n) is 13.9. The number of imidazole rings is 1. The van der Waals surface area contributed by atoms with Gasteiger partial charge >= 0.3 is 0 Å². The van der Waals surface area contributed by atoms with Crippen molar-refractivity contribution in [2.45, 2.75) is 44.7 Å². The van der Waals surface area contributed by atoms with Crippen molar-refractivity contribution < 1.29 is 4.79 Å². The van der Waals surface area contributed by atoms with Crippen molar-refractivity contribution in [3.8, 4) is 0 Å². The lowest BCUT2D eigenvalue weighted by atomic mass is 10.0. The summed E-state index contributed by atoms with van der Waals surface area (Å²) in [6, 6.07) is 8.19. The van der Waals surface area contributed by atoms with E-state index >= 15 is 0 Å². The predicted octanol–water partition coefficient (Wildman–Crippen LogP) is 2.31. The molecular weight excluding hydrogens is 300 g/mol. The minimum absolute atomic E-state index is 0.368. The topological polar surface area (TPSA) is 64.2 Å². The van der Waals surface area contributed by atoms with Crippen LogP contribution in [0.2, 0.25) is 0 Å². The molecule has 2 aliphatic rings. The molecule has 1 saturated heterocycles. The molecule has 1 atom stereocenters. The molecule has 1 aromatic carbocycles. The number of nitrogens with two attached hydrogens (primary N) is 1. The summed E-state index contributed by atoms with van der Waals surface area (Å²) in [4.78, 5) is 18.3. The van der Waals surface area contributed by atoms with E-state index < -0.39 is 0 Å². The Morgan fingerprint density at radius 3 is 2.79 bits per heavy atom. The number of likely N-dealkylation sites (tertiary alicyclic amines) is 1. The Bertz CT molecular complexity index is 734. The molecule has 1 fully saturated rings. The van der Waals surface area contributed by atoms with Crippen LogP contribution in [0.3, 0.4) is 0 Å². The molecule has 1 aliphatic carbocycles. The maximum atomic E-state index is 11.2. The highest BCUT2D eigenvalue weighted by atomic mass is 16.1. The van der Waals surface area contributed by atoms with Gasteiger partial charge in [-0.25, -0.2) is 4.98 Å². The van der Waals surface area contributed by atoms with Gasteiger partial charge in [0.2, 0.25) is 5.91 Å². The summed E-state index contributed by atoms with van der Waals surface area (Å²) < 4.78 is 2.44. The fourth-order valence-corrected chi connectivity index (χ4v) is 4.02. The van der Waals surface area contributed by atoms with Crippen molar-refractivity contribution in [1.82, 2.24) is 14.5 Å². The van der Waals surface area contributed by atoms with E-state index in [0.29, 0.717) is 11.6 Å². The SMILES string of the molecule is NC(=O)c1ccc(CN2CC[C@@H](n3cnc4c3CCCC4)C2)cc1. The van der Waals surface area contributed by atoms with Crippen molar-refractivity contribution in [1.29, 1.82) is 0 Å². The van der Waals surface area contributed by atoms with Crippen LogP contribution in [0.1, 0.15) is 52.6 Å². The van der Waals surface area contributed by atoms with Gasteiger partial charge in [0, 0.05) is 36.9 Å². The Hall–Kier alpha value is -2.14. The zero-order chi connectivity index (χ0) is 16.5. The van der Waals surface area contributed by atoms with Gasteiger partial charge in [-0.3, -0.25) is 9.69 Å². The van der Waals surface area contributed by atoms with Crippen LogP contribution in [-0.4, -0.2) is 33.4 Å². The van der Waals surface area contributed by atoms with Gasteiger partial charge in [-0.05, 0) is 49.8 Å². The summed E-state index contributed by atoms with van der Waals surface area (Å²) >= 11 is 0. The number of aromatic nitrogens is 2. The normalized spacial score (nSPS) is 20.9. The first-order valence-electron chi connectivity index (χ1n) is 8.86. The van der Waals surface area contributed by atoms with E-state index in [1.54, 1.807) is 0 Å². The van der Waals surface area contributed by atoms with Crippen LogP contribution in [-0.2, 0) is 19.4 Å². The third-order valence-electron chi connectivity index (χ3n) is 5.35. The fraction of sp³-hybridized carbons (Fsp3) is 0.474. The molecule has 1 aliphatic heterocycles. The van der Waals surface area contributed by atoms with Crippen molar-refractivity contribution in [2.24, 2.45) is 5.73 Å². The second kappa shape index (κ2) is 6.40. The number of primary amides is 1. The van der Waals surface area contributed by atoms with Gasteiger partial charge in [0.25, 0.3) is 0 Å². The Morgan fingerprint density at radius 1 is 1.21 bits per heavy atom. The molecule has 0 spiro atoms.